The zero-order valence-corrected chi connectivity index (χ0v) is 10.2. The molecule has 0 saturated heterocycles. The molecule has 0 atom stereocenters. The zero-order valence-electron chi connectivity index (χ0n) is 9.40. The second-order valence-electron chi connectivity index (χ2n) is 4.17. The molecule has 1 aliphatic carbocycles. The maximum atomic E-state index is 11.6. The van der Waals surface area contributed by atoms with Gasteiger partial charge in [0.1, 0.15) is 4.99 Å². The maximum Gasteiger partial charge on any atom is 0.319 e. The second-order valence-corrected chi connectivity index (χ2v) is 4.61. The first kappa shape index (κ1) is 11.9. The van der Waals surface area contributed by atoms with Gasteiger partial charge in [-0.1, -0.05) is 12.2 Å². The molecule has 4 N–H and O–H groups in total. The molecular weight excluding hydrogens is 234 g/mol. The highest BCUT2D eigenvalue weighted by Crippen LogP contribution is 2.18. The van der Waals surface area contributed by atoms with Gasteiger partial charge < -0.3 is 16.4 Å². The summed E-state index contributed by atoms with van der Waals surface area (Å²) in [7, 11) is 0. The summed E-state index contributed by atoms with van der Waals surface area (Å²) in [5.41, 5.74) is 7.02. The Kier molecular flexibility index (Phi) is 3.58. The molecule has 90 valence electrons. The van der Waals surface area contributed by atoms with E-state index in [1.807, 2.05) is 0 Å². The number of urea groups is 1. The number of hydrogen-bond donors (Lipinski definition) is 3. The van der Waals surface area contributed by atoms with Crippen LogP contribution in [0.1, 0.15) is 24.8 Å². The maximum absolute atomic E-state index is 11.6. The van der Waals surface area contributed by atoms with Gasteiger partial charge in [-0.2, -0.15) is 0 Å². The third-order valence-electron chi connectivity index (χ3n) is 2.87. The summed E-state index contributed by atoms with van der Waals surface area (Å²) in [5.74, 6) is 0. The van der Waals surface area contributed by atoms with Crippen molar-refractivity contribution in [2.45, 2.75) is 25.3 Å². The summed E-state index contributed by atoms with van der Waals surface area (Å²) in [6.07, 6.45) is 3.36. The summed E-state index contributed by atoms with van der Waals surface area (Å²) in [6.45, 7) is 0. The minimum absolute atomic E-state index is 0.155. The van der Waals surface area contributed by atoms with Crippen molar-refractivity contribution in [3.63, 3.8) is 0 Å². The molecule has 5 heteroatoms. The van der Waals surface area contributed by atoms with E-state index in [0.717, 1.165) is 24.1 Å². The van der Waals surface area contributed by atoms with Gasteiger partial charge in [-0.15, -0.1) is 0 Å². The Morgan fingerprint density at radius 1 is 1.29 bits per heavy atom. The highest BCUT2D eigenvalue weighted by molar-refractivity contribution is 7.80. The van der Waals surface area contributed by atoms with Crippen molar-refractivity contribution in [3.05, 3.63) is 29.8 Å². The van der Waals surface area contributed by atoms with E-state index in [-0.39, 0.29) is 6.03 Å². The van der Waals surface area contributed by atoms with Crippen molar-refractivity contribution in [2.24, 2.45) is 5.73 Å². The van der Waals surface area contributed by atoms with E-state index in [9.17, 15) is 4.79 Å². The molecule has 0 heterocycles. The minimum Gasteiger partial charge on any atom is -0.389 e. The number of anilines is 1. The average Bonchev–Trinajstić information content (AvgIpc) is 2.24. The predicted molar refractivity (Wildman–Crippen MR) is 72.1 cm³/mol. The van der Waals surface area contributed by atoms with Gasteiger partial charge in [-0.05, 0) is 43.5 Å². The number of rotatable bonds is 3. The number of amides is 2. The number of carbonyl (C=O) groups is 1. The van der Waals surface area contributed by atoms with Gasteiger partial charge in [0, 0.05) is 17.3 Å². The van der Waals surface area contributed by atoms with Crippen LogP contribution in [0.25, 0.3) is 0 Å². The number of thiocarbonyl (C=S) groups is 1. The normalized spacial score (nSPS) is 14.8. The van der Waals surface area contributed by atoms with Gasteiger partial charge >= 0.3 is 6.03 Å². The monoisotopic (exact) mass is 249 g/mol. The number of nitrogens with two attached hydrogens (primary N) is 1. The highest BCUT2D eigenvalue weighted by Gasteiger charge is 2.19. The molecule has 1 aliphatic rings. The van der Waals surface area contributed by atoms with Gasteiger partial charge in [0.25, 0.3) is 0 Å². The van der Waals surface area contributed by atoms with Gasteiger partial charge in [0.2, 0.25) is 0 Å². The molecule has 0 bridgehead atoms. The summed E-state index contributed by atoms with van der Waals surface area (Å²) in [5, 5.41) is 5.67. The lowest BCUT2D eigenvalue weighted by Gasteiger charge is -2.26. The molecule has 4 nitrogen and oxygen atoms in total. The molecule has 0 aromatic heterocycles. The smallest absolute Gasteiger partial charge is 0.319 e. The van der Waals surface area contributed by atoms with Crippen LogP contribution in [0, 0.1) is 0 Å². The molecule has 0 unspecified atom stereocenters. The predicted octanol–water partition coefficient (Wildman–Crippen LogP) is 1.99. The molecule has 1 aromatic carbocycles. The molecule has 1 aromatic rings. The number of hydrogen-bond acceptors (Lipinski definition) is 2. The van der Waals surface area contributed by atoms with Crippen LogP contribution in [0.3, 0.4) is 0 Å². The zero-order chi connectivity index (χ0) is 12.3. The van der Waals surface area contributed by atoms with Crippen molar-refractivity contribution < 1.29 is 4.79 Å². The Morgan fingerprint density at radius 3 is 2.41 bits per heavy atom. The fraction of sp³-hybridized carbons (Fsp3) is 0.333. The van der Waals surface area contributed by atoms with Crippen LogP contribution >= 0.6 is 12.2 Å². The Labute approximate surface area is 106 Å². The molecule has 0 spiro atoms. The Hall–Kier alpha value is -1.62. The largest absolute Gasteiger partial charge is 0.389 e. The Morgan fingerprint density at radius 2 is 1.94 bits per heavy atom. The van der Waals surface area contributed by atoms with E-state index >= 15 is 0 Å². The van der Waals surface area contributed by atoms with E-state index < -0.39 is 0 Å². The average molecular weight is 249 g/mol. The molecule has 2 amide bonds. The number of nitrogens with one attached hydrogen (secondary N) is 2. The third kappa shape index (κ3) is 3.17. The van der Waals surface area contributed by atoms with Crippen LogP contribution in [-0.2, 0) is 0 Å². The highest BCUT2D eigenvalue weighted by atomic mass is 32.1. The van der Waals surface area contributed by atoms with E-state index in [1.165, 1.54) is 6.42 Å². The number of benzene rings is 1. The van der Waals surface area contributed by atoms with Gasteiger partial charge in [0.05, 0.1) is 0 Å². The van der Waals surface area contributed by atoms with Crippen molar-refractivity contribution in [2.75, 3.05) is 5.32 Å². The van der Waals surface area contributed by atoms with Crippen LogP contribution in [0.2, 0.25) is 0 Å². The van der Waals surface area contributed by atoms with Crippen LogP contribution in [0.5, 0.6) is 0 Å². The van der Waals surface area contributed by atoms with E-state index in [1.54, 1.807) is 24.3 Å². The lowest BCUT2D eigenvalue weighted by molar-refractivity contribution is 0.240. The summed E-state index contributed by atoms with van der Waals surface area (Å²) >= 11 is 4.85. The van der Waals surface area contributed by atoms with Gasteiger partial charge in [-0.3, -0.25) is 0 Å². The van der Waals surface area contributed by atoms with E-state index in [0.29, 0.717) is 11.0 Å². The van der Waals surface area contributed by atoms with Gasteiger partial charge in [-0.25, -0.2) is 4.79 Å². The first-order valence-electron chi connectivity index (χ1n) is 5.62. The van der Waals surface area contributed by atoms with Crippen LogP contribution < -0.4 is 16.4 Å². The van der Waals surface area contributed by atoms with Crippen LogP contribution in [0.4, 0.5) is 10.5 Å². The topological polar surface area (TPSA) is 67.1 Å². The Balaban J connectivity index is 1.89. The molecule has 0 radical (unpaired) electrons. The lowest BCUT2D eigenvalue weighted by atomic mass is 9.93. The third-order valence-corrected chi connectivity index (χ3v) is 3.10. The fourth-order valence-corrected chi connectivity index (χ4v) is 1.76. The van der Waals surface area contributed by atoms with Gasteiger partial charge in [0.15, 0.2) is 0 Å². The van der Waals surface area contributed by atoms with Crippen molar-refractivity contribution in [3.8, 4) is 0 Å². The lowest BCUT2D eigenvalue weighted by Crippen LogP contribution is -2.41. The fourth-order valence-electron chi connectivity index (χ4n) is 1.62. The molecule has 1 fully saturated rings. The molecule has 1 saturated carbocycles. The molecule has 0 aliphatic heterocycles. The first-order chi connectivity index (χ1) is 8.15. The number of carbonyl (C=O) groups excluding carboxylic acids is 1. The summed E-state index contributed by atoms with van der Waals surface area (Å²) in [4.78, 5) is 11.9. The quantitative estimate of drug-likeness (QED) is 0.718. The first-order valence-corrected chi connectivity index (χ1v) is 6.03. The summed E-state index contributed by atoms with van der Waals surface area (Å²) in [6, 6.07) is 7.34. The minimum atomic E-state index is -0.155. The van der Waals surface area contributed by atoms with Crippen LogP contribution in [-0.4, -0.2) is 17.1 Å². The molecular formula is C12H15N3OS. The van der Waals surface area contributed by atoms with Crippen molar-refractivity contribution in [1.29, 1.82) is 0 Å². The second kappa shape index (κ2) is 5.14. The van der Waals surface area contributed by atoms with Crippen LogP contribution in [0.15, 0.2) is 24.3 Å². The standard InChI is InChI=1S/C12H15N3OS/c13-11(17)8-4-6-10(7-5-8)15-12(16)14-9-2-1-3-9/h4-7,9H,1-3H2,(H2,13,17)(H2,14,15,16). The van der Waals surface area contributed by atoms with E-state index in [4.69, 9.17) is 18.0 Å². The molecule has 17 heavy (non-hydrogen) atoms. The summed E-state index contributed by atoms with van der Waals surface area (Å²) < 4.78 is 0. The Bertz CT molecular complexity index is 426. The van der Waals surface area contributed by atoms with Crippen molar-refractivity contribution in [1.82, 2.24) is 5.32 Å². The van der Waals surface area contributed by atoms with Crippen molar-refractivity contribution >= 4 is 28.9 Å². The van der Waals surface area contributed by atoms with E-state index in [2.05, 4.69) is 10.6 Å². The SMILES string of the molecule is NC(=S)c1ccc(NC(=O)NC2CCC2)cc1. The molecule has 2 rings (SSSR count).